The summed E-state index contributed by atoms with van der Waals surface area (Å²) in [6.45, 7) is 6.35. The van der Waals surface area contributed by atoms with Gasteiger partial charge in [0.25, 0.3) is 0 Å². The number of nitrogens with zero attached hydrogens (tertiary/aromatic N) is 3. The molecule has 3 rings (SSSR count). The summed E-state index contributed by atoms with van der Waals surface area (Å²) < 4.78 is 13.3. The van der Waals surface area contributed by atoms with Gasteiger partial charge in [-0.15, -0.1) is 0 Å². The quantitative estimate of drug-likeness (QED) is 0.866. The maximum Gasteiger partial charge on any atom is 0.236 e. The number of carbonyl (C=O) groups excluding carboxylic acids is 1. The Morgan fingerprint density at radius 1 is 1.12 bits per heavy atom. The highest BCUT2D eigenvalue weighted by Gasteiger charge is 2.30. The van der Waals surface area contributed by atoms with E-state index >= 15 is 0 Å². The summed E-state index contributed by atoms with van der Waals surface area (Å²) in [5.41, 5.74) is 1.48. The van der Waals surface area contributed by atoms with Crippen LogP contribution in [0, 0.1) is 5.82 Å². The topological polar surface area (TPSA) is 36.4 Å². The van der Waals surface area contributed by atoms with Crippen molar-refractivity contribution in [3.05, 3.63) is 65.7 Å². The van der Waals surface area contributed by atoms with Gasteiger partial charge in [0.05, 0.1) is 5.69 Å². The summed E-state index contributed by atoms with van der Waals surface area (Å²) in [7, 11) is 0. The first-order valence-corrected chi connectivity index (χ1v) is 8.36. The summed E-state index contributed by atoms with van der Waals surface area (Å²) in [5, 5.41) is 0. The van der Waals surface area contributed by atoms with Crippen molar-refractivity contribution in [1.82, 2.24) is 14.8 Å². The van der Waals surface area contributed by atoms with E-state index in [0.29, 0.717) is 5.69 Å². The molecule has 1 aromatic heterocycles. The first kappa shape index (κ1) is 16.6. The average Bonchev–Trinajstić information content (AvgIpc) is 2.64. The van der Waals surface area contributed by atoms with E-state index in [-0.39, 0.29) is 11.7 Å². The van der Waals surface area contributed by atoms with Crippen molar-refractivity contribution >= 4 is 5.91 Å². The molecular weight excluding hydrogens is 305 g/mol. The first-order chi connectivity index (χ1) is 11.7. The number of piperazine rings is 1. The van der Waals surface area contributed by atoms with E-state index in [4.69, 9.17) is 0 Å². The molecule has 5 heteroatoms. The van der Waals surface area contributed by atoms with Crippen molar-refractivity contribution in [2.45, 2.75) is 12.8 Å². The Balaban J connectivity index is 1.87. The number of rotatable bonds is 4. The third-order valence-corrected chi connectivity index (χ3v) is 4.57. The number of pyridine rings is 1. The fourth-order valence-electron chi connectivity index (χ4n) is 3.11. The molecule has 4 nitrogen and oxygen atoms in total. The Hall–Kier alpha value is -2.27. The Labute approximate surface area is 141 Å². The molecule has 0 bridgehead atoms. The fraction of sp³-hybridized carbons (Fsp3) is 0.368. The SMILES string of the molecule is CCN1CCN(C(=O)C(c2ccc(F)cc2)c2ccccn2)CC1. The Kier molecular flexibility index (Phi) is 5.20. The molecule has 0 saturated carbocycles. The van der Waals surface area contributed by atoms with Gasteiger partial charge < -0.3 is 9.80 Å². The van der Waals surface area contributed by atoms with Crippen LogP contribution >= 0.6 is 0 Å². The van der Waals surface area contributed by atoms with Crippen molar-refractivity contribution in [3.63, 3.8) is 0 Å². The minimum absolute atomic E-state index is 0.0380. The van der Waals surface area contributed by atoms with Crippen molar-refractivity contribution in [1.29, 1.82) is 0 Å². The number of hydrogen-bond donors (Lipinski definition) is 0. The van der Waals surface area contributed by atoms with Crippen molar-refractivity contribution in [3.8, 4) is 0 Å². The van der Waals surface area contributed by atoms with Gasteiger partial charge in [0.1, 0.15) is 11.7 Å². The van der Waals surface area contributed by atoms with E-state index in [1.807, 2.05) is 23.1 Å². The van der Waals surface area contributed by atoms with Gasteiger partial charge in [-0.3, -0.25) is 9.78 Å². The third-order valence-electron chi connectivity index (χ3n) is 4.57. The minimum Gasteiger partial charge on any atom is -0.339 e. The first-order valence-electron chi connectivity index (χ1n) is 8.36. The molecule has 126 valence electrons. The molecule has 1 saturated heterocycles. The highest BCUT2D eigenvalue weighted by Crippen LogP contribution is 2.26. The lowest BCUT2D eigenvalue weighted by Gasteiger charge is -2.36. The van der Waals surface area contributed by atoms with E-state index in [9.17, 15) is 9.18 Å². The Morgan fingerprint density at radius 2 is 1.83 bits per heavy atom. The van der Waals surface area contributed by atoms with Crippen molar-refractivity contribution in [2.75, 3.05) is 32.7 Å². The molecule has 1 unspecified atom stereocenters. The van der Waals surface area contributed by atoms with E-state index in [2.05, 4.69) is 16.8 Å². The van der Waals surface area contributed by atoms with Crippen LogP contribution in [0.15, 0.2) is 48.7 Å². The van der Waals surface area contributed by atoms with Gasteiger partial charge in [-0.2, -0.15) is 0 Å². The monoisotopic (exact) mass is 327 g/mol. The second-order valence-corrected chi connectivity index (χ2v) is 6.00. The molecule has 0 N–H and O–H groups in total. The van der Waals surface area contributed by atoms with Crippen LogP contribution in [0.2, 0.25) is 0 Å². The third kappa shape index (κ3) is 3.62. The van der Waals surface area contributed by atoms with Crippen molar-refractivity contribution in [2.24, 2.45) is 0 Å². The van der Waals surface area contributed by atoms with Crippen molar-refractivity contribution < 1.29 is 9.18 Å². The molecule has 0 radical (unpaired) electrons. The zero-order valence-corrected chi connectivity index (χ0v) is 13.9. The zero-order chi connectivity index (χ0) is 16.9. The fourth-order valence-corrected chi connectivity index (χ4v) is 3.11. The smallest absolute Gasteiger partial charge is 0.236 e. The molecule has 1 aliphatic rings. The number of halogens is 1. The molecule has 1 aliphatic heterocycles. The summed E-state index contributed by atoms with van der Waals surface area (Å²) >= 11 is 0. The van der Waals surface area contributed by atoms with E-state index in [1.54, 1.807) is 18.3 Å². The lowest BCUT2D eigenvalue weighted by molar-refractivity contribution is -0.133. The molecule has 0 aliphatic carbocycles. The van der Waals surface area contributed by atoms with Gasteiger partial charge in [0.15, 0.2) is 0 Å². The number of hydrogen-bond acceptors (Lipinski definition) is 3. The van der Waals surface area contributed by atoms with E-state index in [0.717, 1.165) is 38.3 Å². The predicted molar refractivity (Wildman–Crippen MR) is 91.2 cm³/mol. The summed E-state index contributed by atoms with van der Waals surface area (Å²) in [6, 6.07) is 11.7. The number of benzene rings is 1. The van der Waals surface area contributed by atoms with Crippen LogP contribution in [-0.2, 0) is 4.79 Å². The molecule has 2 aromatic rings. The second kappa shape index (κ2) is 7.53. The number of amides is 1. The number of aromatic nitrogens is 1. The van der Waals surface area contributed by atoms with E-state index < -0.39 is 5.92 Å². The highest BCUT2D eigenvalue weighted by atomic mass is 19.1. The van der Waals surface area contributed by atoms with Crippen LogP contribution < -0.4 is 0 Å². The van der Waals surface area contributed by atoms with Gasteiger partial charge in [-0.25, -0.2) is 4.39 Å². The molecule has 1 atom stereocenters. The van der Waals surface area contributed by atoms with Gasteiger partial charge in [0.2, 0.25) is 5.91 Å². The lowest BCUT2D eigenvalue weighted by atomic mass is 9.93. The standard InChI is InChI=1S/C19H22FN3O/c1-2-22-11-13-23(14-12-22)19(24)18(17-5-3-4-10-21-17)15-6-8-16(20)9-7-15/h3-10,18H,2,11-14H2,1H3. The maximum atomic E-state index is 13.3. The maximum absolute atomic E-state index is 13.3. The largest absolute Gasteiger partial charge is 0.339 e. The molecule has 0 spiro atoms. The average molecular weight is 327 g/mol. The molecule has 1 amide bonds. The van der Waals surface area contributed by atoms with Crippen LogP contribution in [0.4, 0.5) is 4.39 Å². The molecule has 1 fully saturated rings. The number of carbonyl (C=O) groups is 1. The summed E-state index contributed by atoms with van der Waals surface area (Å²) in [6.07, 6.45) is 1.69. The minimum atomic E-state index is -0.486. The molecule has 1 aromatic carbocycles. The predicted octanol–water partition coefficient (Wildman–Crippen LogP) is 2.52. The lowest BCUT2D eigenvalue weighted by Crippen LogP contribution is -2.50. The van der Waals surface area contributed by atoms with Gasteiger partial charge in [0, 0.05) is 32.4 Å². The molecule has 2 heterocycles. The van der Waals surface area contributed by atoms with Crippen LogP contribution in [0.25, 0.3) is 0 Å². The Morgan fingerprint density at radius 3 is 2.42 bits per heavy atom. The van der Waals surface area contributed by atoms with Gasteiger partial charge >= 0.3 is 0 Å². The molecular formula is C19H22FN3O. The van der Waals surface area contributed by atoms with Gasteiger partial charge in [-0.05, 0) is 36.4 Å². The van der Waals surface area contributed by atoms with Crippen LogP contribution in [0.5, 0.6) is 0 Å². The van der Waals surface area contributed by atoms with Crippen LogP contribution in [-0.4, -0.2) is 53.4 Å². The van der Waals surface area contributed by atoms with Crippen LogP contribution in [0.3, 0.4) is 0 Å². The Bertz CT molecular complexity index is 667. The second-order valence-electron chi connectivity index (χ2n) is 6.00. The number of likely N-dealkylation sites (N-methyl/N-ethyl adjacent to an activating group) is 1. The summed E-state index contributed by atoms with van der Waals surface area (Å²) in [4.78, 5) is 21.8. The van der Waals surface area contributed by atoms with Crippen LogP contribution in [0.1, 0.15) is 24.1 Å². The highest BCUT2D eigenvalue weighted by molar-refractivity contribution is 5.86. The summed E-state index contributed by atoms with van der Waals surface area (Å²) in [5.74, 6) is -0.751. The normalized spacial score (nSPS) is 16.8. The zero-order valence-electron chi connectivity index (χ0n) is 13.9. The van der Waals surface area contributed by atoms with E-state index in [1.165, 1.54) is 12.1 Å². The molecule has 24 heavy (non-hydrogen) atoms. The van der Waals surface area contributed by atoms with Gasteiger partial charge in [-0.1, -0.05) is 25.1 Å².